The number of carbonyl (C=O) groups excluding carboxylic acids is 2. The normalized spacial score (nSPS) is 17.1. The SMILES string of the molecule is COc1ccc(-n2c3c(c(=O)[nH]c2=O)[C@](NC(=O)c2ccc(F)cc2)(C(F)(F)F)C(=O)N3)cc1. The molecule has 1 aliphatic heterocycles. The number of rotatable bonds is 4. The summed E-state index contributed by atoms with van der Waals surface area (Å²) in [6.45, 7) is 0. The van der Waals surface area contributed by atoms with Gasteiger partial charge in [-0.1, -0.05) is 0 Å². The topological polar surface area (TPSA) is 122 Å². The second-order valence-corrected chi connectivity index (χ2v) is 7.18. The van der Waals surface area contributed by atoms with E-state index in [-0.39, 0.29) is 5.69 Å². The van der Waals surface area contributed by atoms with E-state index in [4.69, 9.17) is 4.74 Å². The van der Waals surface area contributed by atoms with Gasteiger partial charge in [0, 0.05) is 5.56 Å². The van der Waals surface area contributed by atoms with E-state index in [9.17, 15) is 36.7 Å². The minimum Gasteiger partial charge on any atom is -0.497 e. The molecule has 13 heteroatoms. The Balaban J connectivity index is 1.94. The van der Waals surface area contributed by atoms with Gasteiger partial charge in [-0.3, -0.25) is 19.4 Å². The van der Waals surface area contributed by atoms with Crippen LogP contribution >= 0.6 is 0 Å². The number of hydrogen-bond acceptors (Lipinski definition) is 5. The van der Waals surface area contributed by atoms with Crippen LogP contribution in [0.4, 0.5) is 23.4 Å². The molecule has 1 aliphatic rings. The molecule has 3 aromatic rings. The Bertz CT molecular complexity index is 1410. The Labute approximate surface area is 187 Å². The fourth-order valence-electron chi connectivity index (χ4n) is 3.60. The summed E-state index contributed by atoms with van der Waals surface area (Å²) in [5, 5.41) is 3.49. The predicted octanol–water partition coefficient (Wildman–Crippen LogP) is 1.81. The summed E-state index contributed by atoms with van der Waals surface area (Å²) in [6, 6.07) is 8.94. The molecular weight excluding hydrogens is 464 g/mol. The highest BCUT2D eigenvalue weighted by atomic mass is 19.4. The molecule has 0 saturated carbocycles. The van der Waals surface area contributed by atoms with Gasteiger partial charge in [-0.05, 0) is 48.5 Å². The van der Waals surface area contributed by atoms with Crippen molar-refractivity contribution in [1.29, 1.82) is 0 Å². The summed E-state index contributed by atoms with van der Waals surface area (Å²) < 4.78 is 62.0. The van der Waals surface area contributed by atoms with Crippen molar-refractivity contribution >= 4 is 17.6 Å². The van der Waals surface area contributed by atoms with Gasteiger partial charge in [0.1, 0.15) is 22.9 Å². The van der Waals surface area contributed by atoms with Gasteiger partial charge in [0.25, 0.3) is 22.9 Å². The minimum atomic E-state index is -5.51. The van der Waals surface area contributed by atoms with E-state index in [0.29, 0.717) is 10.3 Å². The molecule has 2 heterocycles. The highest BCUT2D eigenvalue weighted by molar-refractivity contribution is 6.09. The lowest BCUT2D eigenvalue weighted by atomic mass is 9.91. The Morgan fingerprint density at radius 2 is 1.65 bits per heavy atom. The first-order valence-corrected chi connectivity index (χ1v) is 9.50. The number of nitrogens with one attached hydrogen (secondary N) is 3. The fourth-order valence-corrected chi connectivity index (χ4v) is 3.60. The monoisotopic (exact) mass is 478 g/mol. The van der Waals surface area contributed by atoms with Gasteiger partial charge in [0.15, 0.2) is 0 Å². The number of fused-ring (bicyclic) bond motifs is 1. The van der Waals surface area contributed by atoms with Crippen LogP contribution in [0.25, 0.3) is 5.69 Å². The summed E-state index contributed by atoms with van der Waals surface area (Å²) in [5.74, 6) is -4.34. The highest BCUT2D eigenvalue weighted by Crippen LogP contribution is 2.45. The van der Waals surface area contributed by atoms with Crippen molar-refractivity contribution in [2.45, 2.75) is 11.7 Å². The molecule has 9 nitrogen and oxygen atoms in total. The molecule has 0 aliphatic carbocycles. The number of methoxy groups -OCH3 is 1. The number of amides is 2. The van der Waals surface area contributed by atoms with Crippen molar-refractivity contribution in [3.8, 4) is 11.4 Å². The lowest BCUT2D eigenvalue weighted by molar-refractivity contribution is -0.196. The zero-order chi connectivity index (χ0) is 24.8. The van der Waals surface area contributed by atoms with Crippen molar-refractivity contribution in [2.24, 2.45) is 0 Å². The van der Waals surface area contributed by atoms with E-state index in [0.717, 1.165) is 24.3 Å². The maximum absolute atomic E-state index is 14.4. The van der Waals surface area contributed by atoms with Crippen LogP contribution in [0.5, 0.6) is 5.75 Å². The van der Waals surface area contributed by atoms with E-state index in [2.05, 4.69) is 0 Å². The van der Waals surface area contributed by atoms with E-state index >= 15 is 0 Å². The molecule has 0 spiro atoms. The zero-order valence-corrected chi connectivity index (χ0v) is 17.1. The van der Waals surface area contributed by atoms with Gasteiger partial charge >= 0.3 is 11.9 Å². The third-order valence-electron chi connectivity index (χ3n) is 5.22. The van der Waals surface area contributed by atoms with Crippen LogP contribution in [0.1, 0.15) is 15.9 Å². The maximum Gasteiger partial charge on any atom is 0.425 e. The van der Waals surface area contributed by atoms with E-state index < -0.39 is 57.5 Å². The highest BCUT2D eigenvalue weighted by Gasteiger charge is 2.68. The summed E-state index contributed by atoms with van der Waals surface area (Å²) in [7, 11) is 1.38. The maximum atomic E-state index is 14.4. The van der Waals surface area contributed by atoms with Crippen molar-refractivity contribution in [1.82, 2.24) is 14.9 Å². The third kappa shape index (κ3) is 3.41. The van der Waals surface area contributed by atoms with Crippen LogP contribution in [-0.2, 0) is 10.3 Å². The Kier molecular flexibility index (Phi) is 5.26. The van der Waals surface area contributed by atoms with Crippen molar-refractivity contribution in [3.63, 3.8) is 0 Å². The largest absolute Gasteiger partial charge is 0.497 e. The number of alkyl halides is 3. The quantitative estimate of drug-likeness (QED) is 0.494. The molecule has 0 unspecified atom stereocenters. The standard InChI is InChI=1S/C21H14F4N4O5/c1-34-13-8-6-12(7-9-13)29-15-14(17(31)27-19(29)33)20(18(32)26-15,21(23,24)25)28-16(30)10-2-4-11(22)5-3-10/h2-9H,1H3,(H,26,32)(H,28,30)(H,27,31,33)/t20-/m1/s1. The molecule has 2 aromatic carbocycles. The molecule has 34 heavy (non-hydrogen) atoms. The molecule has 0 saturated heterocycles. The first-order chi connectivity index (χ1) is 16.0. The Morgan fingerprint density at radius 1 is 1.03 bits per heavy atom. The van der Waals surface area contributed by atoms with Crippen LogP contribution < -0.4 is 26.6 Å². The summed E-state index contributed by atoms with van der Waals surface area (Å²) in [6.07, 6.45) is -5.51. The van der Waals surface area contributed by atoms with Crippen LogP contribution in [0, 0.1) is 5.82 Å². The molecule has 1 atom stereocenters. The number of halogens is 4. The van der Waals surface area contributed by atoms with E-state index in [1.165, 1.54) is 31.4 Å². The van der Waals surface area contributed by atoms with Crippen LogP contribution in [0.3, 0.4) is 0 Å². The number of carbonyl (C=O) groups is 2. The number of benzene rings is 2. The number of hydrogen-bond donors (Lipinski definition) is 3. The zero-order valence-electron chi connectivity index (χ0n) is 17.1. The number of aromatic amines is 1. The molecular formula is C21H14F4N4O5. The van der Waals surface area contributed by atoms with E-state index in [1.54, 1.807) is 10.3 Å². The van der Waals surface area contributed by atoms with Crippen LogP contribution in [0.2, 0.25) is 0 Å². The smallest absolute Gasteiger partial charge is 0.425 e. The average molecular weight is 478 g/mol. The molecule has 0 radical (unpaired) electrons. The number of nitrogens with zero attached hydrogens (tertiary/aromatic N) is 1. The molecule has 0 fully saturated rings. The number of aromatic nitrogens is 2. The lowest BCUT2D eigenvalue weighted by Gasteiger charge is -2.30. The number of H-pyrrole nitrogens is 1. The average Bonchev–Trinajstić information content (AvgIpc) is 3.07. The number of anilines is 1. The van der Waals surface area contributed by atoms with Gasteiger partial charge in [-0.25, -0.2) is 13.8 Å². The minimum absolute atomic E-state index is 0.00133. The molecule has 4 rings (SSSR count). The van der Waals surface area contributed by atoms with Crippen molar-refractivity contribution < 1.29 is 31.9 Å². The second kappa shape index (κ2) is 7.86. The predicted molar refractivity (Wildman–Crippen MR) is 109 cm³/mol. The fraction of sp³-hybridized carbons (Fsp3) is 0.143. The molecule has 1 aromatic heterocycles. The van der Waals surface area contributed by atoms with Crippen molar-refractivity contribution in [3.05, 3.63) is 86.3 Å². The molecule has 176 valence electrons. The van der Waals surface area contributed by atoms with Gasteiger partial charge in [-0.2, -0.15) is 13.2 Å². The lowest BCUT2D eigenvalue weighted by Crippen LogP contribution is -2.62. The van der Waals surface area contributed by atoms with Gasteiger partial charge in [0.2, 0.25) is 0 Å². The summed E-state index contributed by atoms with van der Waals surface area (Å²) >= 11 is 0. The van der Waals surface area contributed by atoms with Gasteiger partial charge in [0.05, 0.1) is 12.8 Å². The summed E-state index contributed by atoms with van der Waals surface area (Å²) in [5.41, 5.74) is -8.11. The molecule has 3 N–H and O–H groups in total. The molecule has 0 bridgehead atoms. The first kappa shape index (κ1) is 22.8. The van der Waals surface area contributed by atoms with Crippen LogP contribution in [-0.4, -0.2) is 34.7 Å². The summed E-state index contributed by atoms with van der Waals surface area (Å²) in [4.78, 5) is 52.3. The Morgan fingerprint density at radius 3 is 2.21 bits per heavy atom. The third-order valence-corrected chi connectivity index (χ3v) is 5.22. The van der Waals surface area contributed by atoms with Gasteiger partial charge in [-0.15, -0.1) is 0 Å². The van der Waals surface area contributed by atoms with Crippen LogP contribution in [0.15, 0.2) is 58.1 Å². The second-order valence-electron chi connectivity index (χ2n) is 7.18. The van der Waals surface area contributed by atoms with E-state index in [1.807, 2.05) is 5.32 Å². The first-order valence-electron chi connectivity index (χ1n) is 9.50. The van der Waals surface area contributed by atoms with Gasteiger partial charge < -0.3 is 15.4 Å². The Hall–Kier alpha value is -4.42. The van der Waals surface area contributed by atoms with Crippen molar-refractivity contribution in [2.75, 3.05) is 12.4 Å². The number of ether oxygens (including phenoxy) is 1. The molecule has 2 amide bonds.